The van der Waals surface area contributed by atoms with Crippen LogP contribution in [0.5, 0.6) is 0 Å². The summed E-state index contributed by atoms with van der Waals surface area (Å²) in [5.74, 6) is -0.0444. The van der Waals surface area contributed by atoms with Gasteiger partial charge in [-0.05, 0) is 27.2 Å². The van der Waals surface area contributed by atoms with Gasteiger partial charge in [0.1, 0.15) is 11.4 Å². The average molecular weight is 262 g/mol. The summed E-state index contributed by atoms with van der Waals surface area (Å²) < 4.78 is 23.2. The maximum absolute atomic E-state index is 12.5. The largest absolute Gasteiger partial charge is 0.341 e. The molecule has 0 bridgehead atoms. The Kier molecular flexibility index (Phi) is 5.36. The van der Waals surface area contributed by atoms with E-state index < -0.39 is 13.3 Å². The SMILES string of the molecule is CCCC[C@@H]1[C@@H](C)O[P@](=O)(OCC)[C@H]1C(C)=O. The predicted octanol–water partition coefficient (Wildman–Crippen LogP) is 3.40. The van der Waals surface area contributed by atoms with E-state index in [4.69, 9.17) is 9.05 Å². The Bertz CT molecular complexity index is 316. The standard InChI is InChI=1S/C12H23O4P/c1-5-7-8-11-10(4)16-17(14,15-6-2)12(11)9(3)13/h10-12H,5-8H2,1-4H3/t10-,11-,12+,17-/m1/s1. The monoisotopic (exact) mass is 262 g/mol. The first-order chi connectivity index (χ1) is 7.96. The zero-order valence-corrected chi connectivity index (χ0v) is 12.0. The van der Waals surface area contributed by atoms with E-state index >= 15 is 0 Å². The van der Waals surface area contributed by atoms with Crippen molar-refractivity contribution >= 4 is 13.4 Å². The molecular formula is C12H23O4P. The summed E-state index contributed by atoms with van der Waals surface area (Å²) in [5.41, 5.74) is -0.566. The van der Waals surface area contributed by atoms with Crippen molar-refractivity contribution in [3.8, 4) is 0 Å². The summed E-state index contributed by atoms with van der Waals surface area (Å²) in [6.45, 7) is 7.55. The Hall–Kier alpha value is -0.180. The molecule has 0 aliphatic carbocycles. The van der Waals surface area contributed by atoms with Gasteiger partial charge in [-0.2, -0.15) is 0 Å². The first kappa shape index (κ1) is 14.9. The van der Waals surface area contributed by atoms with Gasteiger partial charge >= 0.3 is 7.60 Å². The van der Waals surface area contributed by atoms with Gasteiger partial charge in [-0.25, -0.2) is 0 Å². The molecule has 0 unspecified atom stereocenters. The van der Waals surface area contributed by atoms with Gasteiger partial charge in [0.05, 0.1) is 12.7 Å². The molecule has 0 spiro atoms. The molecule has 1 fully saturated rings. The van der Waals surface area contributed by atoms with Gasteiger partial charge in [0.2, 0.25) is 0 Å². The number of rotatable bonds is 6. The minimum Gasteiger partial charge on any atom is -0.308 e. The Morgan fingerprint density at radius 1 is 1.41 bits per heavy atom. The van der Waals surface area contributed by atoms with E-state index in [1.165, 1.54) is 6.92 Å². The molecule has 1 rings (SSSR count). The smallest absolute Gasteiger partial charge is 0.308 e. The number of hydrogen-bond donors (Lipinski definition) is 0. The molecule has 1 heterocycles. The topological polar surface area (TPSA) is 52.6 Å². The number of carbonyl (C=O) groups excluding carboxylic acids is 1. The molecule has 4 atom stereocenters. The highest BCUT2D eigenvalue weighted by molar-refractivity contribution is 7.56. The molecule has 0 saturated carbocycles. The van der Waals surface area contributed by atoms with Gasteiger partial charge in [-0.15, -0.1) is 0 Å². The summed E-state index contributed by atoms with van der Waals surface area (Å²) >= 11 is 0. The molecule has 0 radical (unpaired) electrons. The quantitative estimate of drug-likeness (QED) is 0.688. The average Bonchev–Trinajstić information content (AvgIpc) is 2.47. The lowest BCUT2D eigenvalue weighted by molar-refractivity contribution is -0.117. The van der Waals surface area contributed by atoms with Gasteiger partial charge < -0.3 is 9.05 Å². The lowest BCUT2D eigenvalue weighted by Gasteiger charge is -2.19. The highest BCUT2D eigenvalue weighted by Gasteiger charge is 2.53. The molecule has 0 aromatic carbocycles. The maximum atomic E-state index is 12.5. The fourth-order valence-corrected chi connectivity index (χ4v) is 5.15. The van der Waals surface area contributed by atoms with Crippen molar-refractivity contribution in [1.82, 2.24) is 0 Å². The molecule has 17 heavy (non-hydrogen) atoms. The Morgan fingerprint density at radius 3 is 2.53 bits per heavy atom. The second-order valence-electron chi connectivity index (χ2n) is 4.63. The van der Waals surface area contributed by atoms with E-state index in [2.05, 4.69) is 6.92 Å². The molecule has 1 saturated heterocycles. The third-order valence-electron chi connectivity index (χ3n) is 3.28. The van der Waals surface area contributed by atoms with Crippen molar-refractivity contribution in [3.63, 3.8) is 0 Å². The highest BCUT2D eigenvalue weighted by Crippen LogP contribution is 2.63. The summed E-state index contributed by atoms with van der Waals surface area (Å²) in [7, 11) is -3.24. The van der Waals surface area contributed by atoms with Gasteiger partial charge in [0.25, 0.3) is 0 Å². The lowest BCUT2D eigenvalue weighted by atomic mass is 9.91. The second kappa shape index (κ2) is 6.12. The summed E-state index contributed by atoms with van der Waals surface area (Å²) in [6, 6.07) is 0. The zero-order chi connectivity index (χ0) is 13.1. The molecule has 100 valence electrons. The summed E-state index contributed by atoms with van der Waals surface area (Å²) in [6.07, 6.45) is 2.80. The number of hydrogen-bond acceptors (Lipinski definition) is 4. The molecule has 5 heteroatoms. The summed E-state index contributed by atoms with van der Waals surface area (Å²) in [5, 5.41) is 0. The zero-order valence-electron chi connectivity index (χ0n) is 11.1. The minimum atomic E-state index is -3.24. The van der Waals surface area contributed by atoms with E-state index in [-0.39, 0.29) is 17.8 Å². The van der Waals surface area contributed by atoms with Crippen LogP contribution in [0, 0.1) is 5.92 Å². The normalized spacial score (nSPS) is 37.3. The van der Waals surface area contributed by atoms with E-state index in [9.17, 15) is 9.36 Å². The van der Waals surface area contributed by atoms with Crippen molar-refractivity contribution in [3.05, 3.63) is 0 Å². The van der Waals surface area contributed by atoms with Gasteiger partial charge in [-0.1, -0.05) is 19.8 Å². The van der Waals surface area contributed by atoms with Crippen molar-refractivity contribution in [1.29, 1.82) is 0 Å². The first-order valence-electron chi connectivity index (χ1n) is 6.39. The molecule has 0 N–H and O–H groups in total. The van der Waals surface area contributed by atoms with Crippen LogP contribution in [0.25, 0.3) is 0 Å². The van der Waals surface area contributed by atoms with Crippen LogP contribution >= 0.6 is 7.60 Å². The van der Waals surface area contributed by atoms with Gasteiger partial charge in [-0.3, -0.25) is 9.36 Å². The summed E-state index contributed by atoms with van der Waals surface area (Å²) in [4.78, 5) is 11.7. The van der Waals surface area contributed by atoms with Crippen LogP contribution in [0.15, 0.2) is 0 Å². The molecule has 1 aliphatic rings. The highest BCUT2D eigenvalue weighted by atomic mass is 31.2. The van der Waals surface area contributed by atoms with E-state index in [0.717, 1.165) is 19.3 Å². The van der Waals surface area contributed by atoms with Crippen LogP contribution in [0.1, 0.15) is 47.0 Å². The second-order valence-corrected chi connectivity index (χ2v) is 6.73. The molecule has 0 amide bonds. The van der Waals surface area contributed by atoms with E-state index in [1.54, 1.807) is 6.92 Å². The Morgan fingerprint density at radius 2 is 2.06 bits per heavy atom. The fraction of sp³-hybridized carbons (Fsp3) is 0.917. The van der Waals surface area contributed by atoms with Crippen molar-refractivity contribution in [2.45, 2.75) is 58.7 Å². The van der Waals surface area contributed by atoms with E-state index in [0.29, 0.717) is 6.61 Å². The molecular weight excluding hydrogens is 239 g/mol. The van der Waals surface area contributed by atoms with Crippen LogP contribution in [-0.2, 0) is 18.4 Å². The molecule has 0 aromatic heterocycles. The molecule has 0 aromatic rings. The number of unbranched alkanes of at least 4 members (excludes halogenated alkanes) is 1. The van der Waals surface area contributed by atoms with E-state index in [1.807, 2.05) is 6.92 Å². The number of Topliss-reactive ketones (excluding diaryl/α,β-unsaturated/α-hetero) is 1. The van der Waals surface area contributed by atoms with Crippen LogP contribution in [-0.4, -0.2) is 24.2 Å². The Labute approximate surface area is 104 Å². The van der Waals surface area contributed by atoms with Crippen molar-refractivity contribution < 1.29 is 18.4 Å². The minimum absolute atomic E-state index is 0.0323. The van der Waals surface area contributed by atoms with Crippen molar-refractivity contribution in [2.24, 2.45) is 5.92 Å². The van der Waals surface area contributed by atoms with Crippen LogP contribution in [0.3, 0.4) is 0 Å². The molecule has 1 aliphatic heterocycles. The maximum Gasteiger partial charge on any atom is 0.341 e. The van der Waals surface area contributed by atoms with Crippen LogP contribution < -0.4 is 0 Å². The van der Waals surface area contributed by atoms with Crippen LogP contribution in [0.2, 0.25) is 0 Å². The van der Waals surface area contributed by atoms with Gasteiger partial charge in [0.15, 0.2) is 0 Å². The fourth-order valence-electron chi connectivity index (χ4n) is 2.51. The van der Waals surface area contributed by atoms with Gasteiger partial charge in [0, 0.05) is 5.92 Å². The number of ketones is 1. The first-order valence-corrected chi connectivity index (χ1v) is 8.00. The third kappa shape index (κ3) is 3.18. The number of carbonyl (C=O) groups is 1. The van der Waals surface area contributed by atoms with Crippen molar-refractivity contribution in [2.75, 3.05) is 6.61 Å². The molecule has 4 nitrogen and oxygen atoms in total. The Balaban J connectivity index is 2.90. The third-order valence-corrected chi connectivity index (χ3v) is 5.95. The lowest BCUT2D eigenvalue weighted by Crippen LogP contribution is -2.27. The predicted molar refractivity (Wildman–Crippen MR) is 67.3 cm³/mol. The van der Waals surface area contributed by atoms with Crippen LogP contribution in [0.4, 0.5) is 0 Å².